The van der Waals surface area contributed by atoms with Gasteiger partial charge in [0.25, 0.3) is 0 Å². The van der Waals surface area contributed by atoms with E-state index in [1.807, 2.05) is 0 Å². The van der Waals surface area contributed by atoms with Gasteiger partial charge in [-0.3, -0.25) is 4.79 Å². The van der Waals surface area contributed by atoms with Crippen LogP contribution in [-0.2, 0) is 19.6 Å². The molecule has 1 fully saturated rings. The van der Waals surface area contributed by atoms with Crippen molar-refractivity contribution < 1.29 is 22.5 Å². The minimum Gasteiger partial charge on any atom is -0.378 e. The van der Waals surface area contributed by atoms with Crippen molar-refractivity contribution in [3.05, 3.63) is 11.5 Å². The predicted molar refractivity (Wildman–Crippen MR) is 82.3 cm³/mol. The van der Waals surface area contributed by atoms with E-state index in [1.165, 1.54) is 6.92 Å². The number of rotatable bonds is 5. The molecule has 130 valence electrons. The summed E-state index contributed by atoms with van der Waals surface area (Å²) in [7, 11) is -3.89. The van der Waals surface area contributed by atoms with Gasteiger partial charge in [-0.1, -0.05) is 19.0 Å². The zero-order valence-corrected chi connectivity index (χ0v) is 14.6. The van der Waals surface area contributed by atoms with Crippen LogP contribution >= 0.6 is 0 Å². The molecule has 1 aliphatic rings. The molecule has 0 aliphatic carbocycles. The molecule has 0 unspecified atom stereocenters. The molecule has 1 aliphatic heterocycles. The van der Waals surface area contributed by atoms with E-state index in [2.05, 4.69) is 9.88 Å². The van der Waals surface area contributed by atoms with Crippen molar-refractivity contribution in [2.45, 2.75) is 38.6 Å². The second-order valence-corrected chi connectivity index (χ2v) is 7.58. The highest BCUT2D eigenvalue weighted by molar-refractivity contribution is 7.89. The molecule has 1 atom stereocenters. The van der Waals surface area contributed by atoms with Gasteiger partial charge in [-0.2, -0.15) is 4.72 Å². The second kappa shape index (κ2) is 6.98. The average Bonchev–Trinajstić information content (AvgIpc) is 2.84. The van der Waals surface area contributed by atoms with E-state index in [0.29, 0.717) is 26.3 Å². The summed E-state index contributed by atoms with van der Waals surface area (Å²) in [6, 6.07) is -0.841. The molecule has 2 heterocycles. The molecule has 1 amide bonds. The molecule has 0 bridgehead atoms. The van der Waals surface area contributed by atoms with Crippen molar-refractivity contribution in [1.82, 2.24) is 14.8 Å². The van der Waals surface area contributed by atoms with Gasteiger partial charge in [-0.15, -0.1) is 0 Å². The first-order chi connectivity index (χ1) is 10.7. The Labute approximate surface area is 136 Å². The number of aryl methyl sites for hydroxylation is 2. The molecule has 1 aromatic rings. The lowest BCUT2D eigenvalue weighted by Crippen LogP contribution is -2.53. The van der Waals surface area contributed by atoms with Crippen LogP contribution in [0.3, 0.4) is 0 Å². The Bertz CT molecular complexity index is 642. The number of ether oxygens (including phenoxy) is 1. The number of hydrogen-bond donors (Lipinski definition) is 1. The predicted octanol–water partition coefficient (Wildman–Crippen LogP) is 0.453. The van der Waals surface area contributed by atoms with Gasteiger partial charge in [0.2, 0.25) is 15.9 Å². The molecule has 0 radical (unpaired) electrons. The molecule has 2 rings (SSSR count). The standard InChI is InChI=1S/C14H23N3O5S/c1-9(2)12(14(18)17-5-7-21-8-6-17)16-23(19,20)13-10(3)15-22-11(13)4/h9,12,16H,5-8H2,1-4H3/t12-/m0/s1. The number of sulfonamides is 1. The van der Waals surface area contributed by atoms with Crippen LogP contribution in [0.4, 0.5) is 0 Å². The number of hydrogen-bond acceptors (Lipinski definition) is 6. The van der Waals surface area contributed by atoms with Crippen LogP contribution in [0.5, 0.6) is 0 Å². The van der Waals surface area contributed by atoms with E-state index in [0.717, 1.165) is 0 Å². The van der Waals surface area contributed by atoms with Crippen molar-refractivity contribution in [3.63, 3.8) is 0 Å². The number of nitrogens with zero attached hydrogens (tertiary/aromatic N) is 2. The summed E-state index contributed by atoms with van der Waals surface area (Å²) in [5.74, 6) is -0.226. The first-order valence-corrected chi connectivity index (χ1v) is 9.04. The number of aromatic nitrogens is 1. The summed E-state index contributed by atoms with van der Waals surface area (Å²) in [6.45, 7) is 8.56. The van der Waals surface area contributed by atoms with Gasteiger partial charge < -0.3 is 14.2 Å². The fourth-order valence-corrected chi connectivity index (χ4v) is 4.20. The highest BCUT2D eigenvalue weighted by atomic mass is 32.2. The van der Waals surface area contributed by atoms with Crippen molar-refractivity contribution in [2.24, 2.45) is 5.92 Å². The van der Waals surface area contributed by atoms with Crippen molar-refractivity contribution >= 4 is 15.9 Å². The van der Waals surface area contributed by atoms with Crippen LogP contribution in [0, 0.1) is 19.8 Å². The topological polar surface area (TPSA) is 102 Å². The van der Waals surface area contributed by atoms with Gasteiger partial charge in [0.15, 0.2) is 5.76 Å². The van der Waals surface area contributed by atoms with Gasteiger partial charge in [-0.05, 0) is 19.8 Å². The largest absolute Gasteiger partial charge is 0.378 e. The van der Waals surface area contributed by atoms with E-state index in [4.69, 9.17) is 9.26 Å². The van der Waals surface area contributed by atoms with Gasteiger partial charge in [0, 0.05) is 13.1 Å². The zero-order chi connectivity index (χ0) is 17.2. The first-order valence-electron chi connectivity index (χ1n) is 7.55. The zero-order valence-electron chi connectivity index (χ0n) is 13.8. The van der Waals surface area contributed by atoms with E-state index in [1.54, 1.807) is 25.7 Å². The summed E-state index contributed by atoms with van der Waals surface area (Å²) in [5, 5.41) is 3.66. The Morgan fingerprint density at radius 2 is 1.87 bits per heavy atom. The summed E-state index contributed by atoms with van der Waals surface area (Å²) in [6.07, 6.45) is 0. The number of carbonyl (C=O) groups is 1. The summed E-state index contributed by atoms with van der Waals surface area (Å²) < 4.78 is 37.9. The van der Waals surface area contributed by atoms with Crippen LogP contribution in [0.2, 0.25) is 0 Å². The fraction of sp³-hybridized carbons (Fsp3) is 0.714. The quantitative estimate of drug-likeness (QED) is 0.831. The normalized spacial score (nSPS) is 17.5. The number of amides is 1. The molecule has 0 spiro atoms. The van der Waals surface area contributed by atoms with Crippen molar-refractivity contribution in [2.75, 3.05) is 26.3 Å². The maximum absolute atomic E-state index is 12.7. The summed E-state index contributed by atoms with van der Waals surface area (Å²) in [4.78, 5) is 14.3. The molecule has 0 aromatic carbocycles. The first kappa shape index (κ1) is 17.9. The second-order valence-electron chi connectivity index (χ2n) is 5.93. The van der Waals surface area contributed by atoms with E-state index in [9.17, 15) is 13.2 Å². The number of morpholine rings is 1. The fourth-order valence-electron chi connectivity index (χ4n) is 2.54. The van der Waals surface area contributed by atoms with Gasteiger partial charge in [0.1, 0.15) is 16.6 Å². The summed E-state index contributed by atoms with van der Waals surface area (Å²) >= 11 is 0. The molecule has 9 heteroatoms. The van der Waals surface area contributed by atoms with E-state index < -0.39 is 16.1 Å². The van der Waals surface area contributed by atoms with E-state index >= 15 is 0 Å². The van der Waals surface area contributed by atoms with Gasteiger partial charge in [0.05, 0.1) is 13.2 Å². The third-order valence-corrected chi connectivity index (χ3v) is 5.46. The van der Waals surface area contributed by atoms with Crippen LogP contribution in [0.1, 0.15) is 25.3 Å². The Morgan fingerprint density at radius 3 is 2.35 bits per heavy atom. The molecular formula is C14H23N3O5S. The third-order valence-electron chi connectivity index (χ3n) is 3.77. The smallest absolute Gasteiger partial charge is 0.246 e. The Balaban J connectivity index is 2.23. The number of carbonyl (C=O) groups excluding carboxylic acids is 1. The minimum absolute atomic E-state index is 0.00192. The molecule has 8 nitrogen and oxygen atoms in total. The minimum atomic E-state index is -3.89. The third kappa shape index (κ3) is 3.91. The molecule has 0 saturated carbocycles. The molecule has 1 saturated heterocycles. The average molecular weight is 345 g/mol. The molecule has 1 aromatic heterocycles. The maximum atomic E-state index is 12.7. The monoisotopic (exact) mass is 345 g/mol. The lowest BCUT2D eigenvalue weighted by atomic mass is 10.0. The highest BCUT2D eigenvalue weighted by Crippen LogP contribution is 2.20. The van der Waals surface area contributed by atoms with Crippen LogP contribution in [-0.4, -0.2) is 56.7 Å². The van der Waals surface area contributed by atoms with E-state index in [-0.39, 0.29) is 28.2 Å². The van der Waals surface area contributed by atoms with Crippen LogP contribution in [0.25, 0.3) is 0 Å². The van der Waals surface area contributed by atoms with Crippen molar-refractivity contribution in [3.8, 4) is 0 Å². The van der Waals surface area contributed by atoms with Crippen LogP contribution < -0.4 is 4.72 Å². The Hall–Kier alpha value is -1.45. The Morgan fingerprint density at radius 1 is 1.26 bits per heavy atom. The SMILES string of the molecule is Cc1noc(C)c1S(=O)(=O)N[C@H](C(=O)N1CCOCC1)C(C)C. The Kier molecular flexibility index (Phi) is 5.43. The number of nitrogens with one attached hydrogen (secondary N) is 1. The van der Waals surface area contributed by atoms with Crippen LogP contribution in [0.15, 0.2) is 9.42 Å². The lowest BCUT2D eigenvalue weighted by molar-refractivity contribution is -0.138. The molecule has 1 N–H and O–H groups in total. The molecular weight excluding hydrogens is 322 g/mol. The van der Waals surface area contributed by atoms with Gasteiger partial charge >= 0.3 is 0 Å². The van der Waals surface area contributed by atoms with Gasteiger partial charge in [-0.25, -0.2) is 8.42 Å². The highest BCUT2D eigenvalue weighted by Gasteiger charge is 2.34. The summed E-state index contributed by atoms with van der Waals surface area (Å²) in [5.41, 5.74) is 0.274. The van der Waals surface area contributed by atoms with Crippen molar-refractivity contribution in [1.29, 1.82) is 0 Å². The lowest BCUT2D eigenvalue weighted by Gasteiger charge is -2.32. The molecule has 23 heavy (non-hydrogen) atoms. The maximum Gasteiger partial charge on any atom is 0.246 e.